The minimum Gasteiger partial charge on any atom is -0.468 e. The maximum Gasteiger partial charge on any atom is 0.323 e. The molecular formula is C12H15NO4. The van der Waals surface area contributed by atoms with E-state index in [1.165, 1.54) is 7.11 Å². The third kappa shape index (κ3) is 2.74. The molecule has 92 valence electrons. The molecule has 0 saturated carbocycles. The third-order valence-electron chi connectivity index (χ3n) is 2.88. The van der Waals surface area contributed by atoms with Gasteiger partial charge in [0.1, 0.15) is 12.1 Å². The SMILES string of the molecule is COC(=O)[C@@H]1C[C@@H](OC(=O)C2C=CC=C2)CN1. The molecule has 1 saturated heterocycles. The average molecular weight is 237 g/mol. The van der Waals surface area contributed by atoms with Gasteiger partial charge in [-0.3, -0.25) is 9.59 Å². The summed E-state index contributed by atoms with van der Waals surface area (Å²) in [6, 6.07) is -0.368. The zero-order chi connectivity index (χ0) is 12.3. The van der Waals surface area contributed by atoms with Gasteiger partial charge in [0.25, 0.3) is 0 Å². The summed E-state index contributed by atoms with van der Waals surface area (Å²) in [5.41, 5.74) is 0. The van der Waals surface area contributed by atoms with Crippen molar-refractivity contribution in [1.82, 2.24) is 5.32 Å². The first-order valence-corrected chi connectivity index (χ1v) is 5.57. The van der Waals surface area contributed by atoms with E-state index in [0.29, 0.717) is 13.0 Å². The summed E-state index contributed by atoms with van der Waals surface area (Å²) in [7, 11) is 1.34. The molecule has 1 aliphatic carbocycles. The Bertz CT molecular complexity index is 363. The average Bonchev–Trinajstić information content (AvgIpc) is 2.98. The fourth-order valence-corrected chi connectivity index (χ4v) is 1.95. The number of ether oxygens (including phenoxy) is 2. The van der Waals surface area contributed by atoms with E-state index in [1.807, 2.05) is 12.2 Å². The van der Waals surface area contributed by atoms with Gasteiger partial charge in [0, 0.05) is 13.0 Å². The van der Waals surface area contributed by atoms with Crippen LogP contribution in [0.15, 0.2) is 24.3 Å². The Hall–Kier alpha value is -1.62. The van der Waals surface area contributed by atoms with E-state index in [4.69, 9.17) is 4.74 Å². The molecule has 0 bridgehead atoms. The molecule has 0 aromatic carbocycles. The van der Waals surface area contributed by atoms with Crippen LogP contribution in [0, 0.1) is 5.92 Å². The molecule has 0 aromatic heterocycles. The van der Waals surface area contributed by atoms with E-state index in [0.717, 1.165) is 0 Å². The lowest BCUT2D eigenvalue weighted by molar-refractivity contribution is -0.151. The molecule has 0 spiro atoms. The lowest BCUT2D eigenvalue weighted by atomic mass is 10.1. The maximum absolute atomic E-state index is 11.7. The van der Waals surface area contributed by atoms with Gasteiger partial charge in [0.05, 0.1) is 13.0 Å². The van der Waals surface area contributed by atoms with Crippen LogP contribution >= 0.6 is 0 Å². The van der Waals surface area contributed by atoms with Crippen molar-refractivity contribution in [3.05, 3.63) is 24.3 Å². The van der Waals surface area contributed by atoms with E-state index in [-0.39, 0.29) is 30.0 Å². The number of carbonyl (C=O) groups excluding carboxylic acids is 2. The molecule has 2 aliphatic rings. The molecule has 1 aliphatic heterocycles. The number of methoxy groups -OCH3 is 1. The lowest BCUT2D eigenvalue weighted by Crippen LogP contribution is -2.31. The van der Waals surface area contributed by atoms with Crippen LogP contribution < -0.4 is 5.32 Å². The molecule has 17 heavy (non-hydrogen) atoms. The number of allylic oxidation sites excluding steroid dienone is 2. The highest BCUT2D eigenvalue weighted by atomic mass is 16.5. The highest BCUT2D eigenvalue weighted by Crippen LogP contribution is 2.16. The van der Waals surface area contributed by atoms with Gasteiger partial charge in [-0.25, -0.2) is 0 Å². The molecule has 2 rings (SSSR count). The van der Waals surface area contributed by atoms with Crippen molar-refractivity contribution in [3.63, 3.8) is 0 Å². The van der Waals surface area contributed by atoms with Crippen LogP contribution in [0.2, 0.25) is 0 Å². The molecular weight excluding hydrogens is 222 g/mol. The van der Waals surface area contributed by atoms with Gasteiger partial charge >= 0.3 is 11.9 Å². The topological polar surface area (TPSA) is 64.6 Å². The summed E-state index contributed by atoms with van der Waals surface area (Å²) in [4.78, 5) is 22.9. The Morgan fingerprint density at radius 2 is 1.94 bits per heavy atom. The summed E-state index contributed by atoms with van der Waals surface area (Å²) >= 11 is 0. The Balaban J connectivity index is 1.81. The normalized spacial score (nSPS) is 27.4. The first-order chi connectivity index (χ1) is 8.20. The van der Waals surface area contributed by atoms with E-state index in [2.05, 4.69) is 10.1 Å². The van der Waals surface area contributed by atoms with Crippen molar-refractivity contribution >= 4 is 11.9 Å². The van der Waals surface area contributed by atoms with Gasteiger partial charge < -0.3 is 14.8 Å². The van der Waals surface area contributed by atoms with Crippen LogP contribution in [-0.2, 0) is 19.1 Å². The lowest BCUT2D eigenvalue weighted by Gasteiger charge is -2.13. The Labute approximate surface area is 99.5 Å². The standard InChI is InChI=1S/C12H15NO4/c1-16-12(15)10-6-9(7-13-10)17-11(14)8-4-2-3-5-8/h2-5,8-10,13H,6-7H2,1H3/t9-,10+/m1/s1. The van der Waals surface area contributed by atoms with Crippen LogP contribution in [0.25, 0.3) is 0 Å². The van der Waals surface area contributed by atoms with Gasteiger partial charge in [-0.15, -0.1) is 0 Å². The summed E-state index contributed by atoms with van der Waals surface area (Å²) in [6.45, 7) is 0.492. The van der Waals surface area contributed by atoms with Gasteiger partial charge in [0.2, 0.25) is 0 Å². The molecule has 2 atom stereocenters. The minimum atomic E-state index is -0.368. The van der Waals surface area contributed by atoms with Crippen molar-refractivity contribution in [2.45, 2.75) is 18.6 Å². The van der Waals surface area contributed by atoms with Crippen LogP contribution in [-0.4, -0.2) is 37.7 Å². The van der Waals surface area contributed by atoms with Gasteiger partial charge in [-0.1, -0.05) is 24.3 Å². The molecule has 1 fully saturated rings. The summed E-state index contributed by atoms with van der Waals surface area (Å²) in [5, 5.41) is 2.97. The van der Waals surface area contributed by atoms with E-state index in [9.17, 15) is 9.59 Å². The van der Waals surface area contributed by atoms with E-state index < -0.39 is 0 Å². The highest BCUT2D eigenvalue weighted by molar-refractivity contribution is 5.78. The first kappa shape index (κ1) is 11.9. The predicted molar refractivity (Wildman–Crippen MR) is 60.1 cm³/mol. The molecule has 0 aromatic rings. The van der Waals surface area contributed by atoms with Crippen molar-refractivity contribution in [1.29, 1.82) is 0 Å². The van der Waals surface area contributed by atoms with Crippen molar-refractivity contribution in [3.8, 4) is 0 Å². The number of rotatable bonds is 3. The largest absolute Gasteiger partial charge is 0.468 e. The second-order valence-electron chi connectivity index (χ2n) is 4.07. The van der Waals surface area contributed by atoms with Gasteiger partial charge in [-0.05, 0) is 0 Å². The smallest absolute Gasteiger partial charge is 0.323 e. The number of nitrogens with one attached hydrogen (secondary N) is 1. The summed E-state index contributed by atoms with van der Waals surface area (Å²) in [5.74, 6) is -0.872. The van der Waals surface area contributed by atoms with Crippen LogP contribution in [0.3, 0.4) is 0 Å². The maximum atomic E-state index is 11.7. The molecule has 0 radical (unpaired) electrons. The van der Waals surface area contributed by atoms with Crippen molar-refractivity contribution in [2.75, 3.05) is 13.7 Å². The predicted octanol–water partition coefficient (Wildman–Crippen LogP) is 0.175. The van der Waals surface area contributed by atoms with Gasteiger partial charge in [-0.2, -0.15) is 0 Å². The minimum absolute atomic E-state index is 0.256. The van der Waals surface area contributed by atoms with Crippen LogP contribution in [0.4, 0.5) is 0 Å². The highest BCUT2D eigenvalue weighted by Gasteiger charge is 2.33. The molecule has 0 amide bonds. The van der Waals surface area contributed by atoms with Crippen molar-refractivity contribution in [2.24, 2.45) is 5.92 Å². The van der Waals surface area contributed by atoms with E-state index in [1.54, 1.807) is 12.2 Å². The Kier molecular flexibility index (Phi) is 3.58. The zero-order valence-corrected chi connectivity index (χ0v) is 9.59. The quantitative estimate of drug-likeness (QED) is 0.709. The van der Waals surface area contributed by atoms with E-state index >= 15 is 0 Å². The molecule has 5 nitrogen and oxygen atoms in total. The number of hydrogen-bond acceptors (Lipinski definition) is 5. The second kappa shape index (κ2) is 5.14. The van der Waals surface area contributed by atoms with Crippen molar-refractivity contribution < 1.29 is 19.1 Å². The Morgan fingerprint density at radius 3 is 2.59 bits per heavy atom. The zero-order valence-electron chi connectivity index (χ0n) is 9.59. The van der Waals surface area contributed by atoms with Crippen LogP contribution in [0.5, 0.6) is 0 Å². The second-order valence-corrected chi connectivity index (χ2v) is 4.07. The third-order valence-corrected chi connectivity index (χ3v) is 2.88. The first-order valence-electron chi connectivity index (χ1n) is 5.57. The van der Waals surface area contributed by atoms with Gasteiger partial charge in [0.15, 0.2) is 0 Å². The molecule has 5 heteroatoms. The fraction of sp³-hybridized carbons (Fsp3) is 0.500. The van der Waals surface area contributed by atoms with Crippen LogP contribution in [0.1, 0.15) is 6.42 Å². The molecule has 0 unspecified atom stereocenters. The fourth-order valence-electron chi connectivity index (χ4n) is 1.95. The number of hydrogen-bond donors (Lipinski definition) is 1. The summed E-state index contributed by atoms with van der Waals surface area (Å²) in [6.07, 6.45) is 7.41. The molecule has 1 heterocycles. The Morgan fingerprint density at radius 1 is 1.24 bits per heavy atom. The summed E-state index contributed by atoms with van der Waals surface area (Å²) < 4.78 is 9.93. The number of esters is 2. The number of carbonyl (C=O) groups is 2. The molecule has 1 N–H and O–H groups in total. The monoisotopic (exact) mass is 237 g/mol.